The Hall–Kier alpha value is -1.45. The molecule has 2 aromatic rings. The topological polar surface area (TPSA) is 24.9 Å². The lowest BCUT2D eigenvalue weighted by atomic mass is 10.0. The Morgan fingerprint density at radius 1 is 1.24 bits per heavy atom. The molecule has 17 heavy (non-hydrogen) atoms. The van der Waals surface area contributed by atoms with E-state index in [9.17, 15) is 4.39 Å². The summed E-state index contributed by atoms with van der Waals surface area (Å²) < 4.78 is 12.9. The van der Waals surface area contributed by atoms with E-state index in [1.54, 1.807) is 30.5 Å². The van der Waals surface area contributed by atoms with E-state index in [4.69, 9.17) is 11.6 Å². The molecule has 0 aliphatic rings. The van der Waals surface area contributed by atoms with Crippen LogP contribution in [0, 0.1) is 5.82 Å². The molecule has 2 rings (SSSR count). The van der Waals surface area contributed by atoms with Gasteiger partial charge in [-0.1, -0.05) is 23.7 Å². The number of hydrogen-bond donors (Lipinski definition) is 1. The van der Waals surface area contributed by atoms with Gasteiger partial charge in [0.15, 0.2) is 0 Å². The van der Waals surface area contributed by atoms with Crippen molar-refractivity contribution >= 4 is 11.6 Å². The number of pyridine rings is 1. The first-order valence-corrected chi connectivity index (χ1v) is 5.63. The molecule has 1 heterocycles. The fraction of sp³-hybridized carbons (Fsp3) is 0.154. The number of rotatable bonds is 3. The van der Waals surface area contributed by atoms with Crippen LogP contribution in [-0.2, 0) is 0 Å². The van der Waals surface area contributed by atoms with Crippen molar-refractivity contribution in [3.63, 3.8) is 0 Å². The first kappa shape index (κ1) is 12.0. The highest BCUT2D eigenvalue weighted by molar-refractivity contribution is 6.31. The molecule has 0 fully saturated rings. The van der Waals surface area contributed by atoms with E-state index < -0.39 is 0 Å². The maximum absolute atomic E-state index is 12.9. The number of hydrogen-bond acceptors (Lipinski definition) is 2. The van der Waals surface area contributed by atoms with Crippen LogP contribution in [0.5, 0.6) is 0 Å². The SMILES string of the molecule is CNC(c1ccc(F)cc1)c1ncccc1Cl. The molecule has 4 heteroatoms. The zero-order valence-electron chi connectivity index (χ0n) is 9.32. The molecular formula is C13H12ClFN2. The molecule has 1 aromatic carbocycles. The molecule has 0 radical (unpaired) electrons. The Bertz CT molecular complexity index is 499. The van der Waals surface area contributed by atoms with Crippen LogP contribution in [0.25, 0.3) is 0 Å². The van der Waals surface area contributed by atoms with Crippen molar-refractivity contribution < 1.29 is 4.39 Å². The van der Waals surface area contributed by atoms with Crippen LogP contribution >= 0.6 is 11.6 Å². The van der Waals surface area contributed by atoms with Gasteiger partial charge in [-0.25, -0.2) is 4.39 Å². The van der Waals surface area contributed by atoms with Crippen LogP contribution in [0.1, 0.15) is 17.3 Å². The van der Waals surface area contributed by atoms with Crippen LogP contribution in [-0.4, -0.2) is 12.0 Å². The molecule has 1 atom stereocenters. The Kier molecular flexibility index (Phi) is 3.71. The molecule has 1 unspecified atom stereocenters. The summed E-state index contributed by atoms with van der Waals surface area (Å²) in [4.78, 5) is 4.26. The summed E-state index contributed by atoms with van der Waals surface area (Å²) in [6.45, 7) is 0. The first-order chi connectivity index (χ1) is 8.22. The van der Waals surface area contributed by atoms with Crippen molar-refractivity contribution in [2.75, 3.05) is 7.05 Å². The minimum atomic E-state index is -0.254. The van der Waals surface area contributed by atoms with Gasteiger partial charge in [-0.05, 0) is 36.9 Å². The second-order valence-corrected chi connectivity index (χ2v) is 4.05. The van der Waals surface area contributed by atoms with Gasteiger partial charge >= 0.3 is 0 Å². The summed E-state index contributed by atoms with van der Waals surface area (Å²) >= 11 is 6.10. The third-order valence-corrected chi connectivity index (χ3v) is 2.87. The molecule has 0 aliphatic heterocycles. The van der Waals surface area contributed by atoms with Crippen molar-refractivity contribution in [3.05, 3.63) is 64.7 Å². The van der Waals surface area contributed by atoms with E-state index in [-0.39, 0.29) is 11.9 Å². The van der Waals surface area contributed by atoms with Gasteiger partial charge < -0.3 is 5.32 Å². The number of nitrogens with one attached hydrogen (secondary N) is 1. The second-order valence-electron chi connectivity index (χ2n) is 3.64. The predicted octanol–water partition coefficient (Wildman–Crippen LogP) is 3.18. The second kappa shape index (κ2) is 5.25. The molecular weight excluding hydrogens is 239 g/mol. The molecule has 0 bridgehead atoms. The fourth-order valence-electron chi connectivity index (χ4n) is 1.73. The highest BCUT2D eigenvalue weighted by atomic mass is 35.5. The van der Waals surface area contributed by atoms with Crippen LogP contribution in [0.4, 0.5) is 4.39 Å². The summed E-state index contributed by atoms with van der Waals surface area (Å²) in [5, 5.41) is 3.72. The number of halogens is 2. The molecule has 88 valence electrons. The monoisotopic (exact) mass is 250 g/mol. The van der Waals surface area contributed by atoms with Crippen LogP contribution < -0.4 is 5.32 Å². The molecule has 1 aromatic heterocycles. The number of aromatic nitrogens is 1. The van der Waals surface area contributed by atoms with Crippen molar-refractivity contribution in [2.24, 2.45) is 0 Å². The van der Waals surface area contributed by atoms with E-state index in [1.165, 1.54) is 12.1 Å². The van der Waals surface area contributed by atoms with Crippen LogP contribution in [0.2, 0.25) is 5.02 Å². The predicted molar refractivity (Wildman–Crippen MR) is 66.5 cm³/mol. The van der Waals surface area contributed by atoms with Crippen LogP contribution in [0.3, 0.4) is 0 Å². The lowest BCUT2D eigenvalue weighted by Gasteiger charge is -2.17. The third kappa shape index (κ3) is 2.62. The largest absolute Gasteiger partial charge is 0.308 e. The van der Waals surface area contributed by atoms with Gasteiger partial charge in [0.05, 0.1) is 16.8 Å². The molecule has 0 saturated heterocycles. The summed E-state index contributed by atoms with van der Waals surface area (Å²) in [5.74, 6) is -0.254. The Balaban J connectivity index is 2.40. The van der Waals surface area contributed by atoms with Gasteiger partial charge in [0.25, 0.3) is 0 Å². The average molecular weight is 251 g/mol. The molecule has 1 N–H and O–H groups in total. The first-order valence-electron chi connectivity index (χ1n) is 5.25. The van der Waals surface area contributed by atoms with E-state index >= 15 is 0 Å². The van der Waals surface area contributed by atoms with Gasteiger partial charge in [-0.15, -0.1) is 0 Å². The quantitative estimate of drug-likeness (QED) is 0.905. The standard InChI is InChI=1S/C13H12ClFN2/c1-16-12(9-4-6-10(15)7-5-9)13-11(14)3-2-8-17-13/h2-8,12,16H,1H3. The fourth-order valence-corrected chi connectivity index (χ4v) is 1.96. The minimum absolute atomic E-state index is 0.135. The van der Waals surface area contributed by atoms with E-state index in [2.05, 4.69) is 10.3 Å². The molecule has 0 spiro atoms. The summed E-state index contributed by atoms with van der Waals surface area (Å²) in [6, 6.07) is 9.74. The lowest BCUT2D eigenvalue weighted by molar-refractivity contribution is 0.622. The third-order valence-electron chi connectivity index (χ3n) is 2.55. The van der Waals surface area contributed by atoms with Gasteiger partial charge in [-0.3, -0.25) is 4.98 Å². The normalized spacial score (nSPS) is 12.4. The van der Waals surface area contributed by atoms with E-state index in [0.717, 1.165) is 11.3 Å². The molecule has 0 amide bonds. The Morgan fingerprint density at radius 2 is 1.94 bits per heavy atom. The van der Waals surface area contributed by atoms with Gasteiger partial charge in [0, 0.05) is 6.20 Å². The zero-order valence-corrected chi connectivity index (χ0v) is 10.1. The van der Waals surface area contributed by atoms with Gasteiger partial charge in [0.2, 0.25) is 0 Å². The number of nitrogens with zero attached hydrogens (tertiary/aromatic N) is 1. The van der Waals surface area contributed by atoms with E-state index in [1.807, 2.05) is 7.05 Å². The summed E-state index contributed by atoms with van der Waals surface area (Å²) in [6.07, 6.45) is 1.69. The summed E-state index contributed by atoms with van der Waals surface area (Å²) in [7, 11) is 1.82. The zero-order chi connectivity index (χ0) is 12.3. The lowest BCUT2D eigenvalue weighted by Crippen LogP contribution is -2.19. The minimum Gasteiger partial charge on any atom is -0.308 e. The highest BCUT2D eigenvalue weighted by Crippen LogP contribution is 2.25. The number of benzene rings is 1. The van der Waals surface area contributed by atoms with Crippen molar-refractivity contribution in [1.29, 1.82) is 0 Å². The smallest absolute Gasteiger partial charge is 0.123 e. The van der Waals surface area contributed by atoms with Crippen molar-refractivity contribution in [1.82, 2.24) is 10.3 Å². The Morgan fingerprint density at radius 3 is 2.53 bits per heavy atom. The molecule has 0 saturated carbocycles. The van der Waals surface area contributed by atoms with Crippen molar-refractivity contribution in [2.45, 2.75) is 6.04 Å². The molecule has 0 aliphatic carbocycles. The summed E-state index contributed by atoms with van der Waals surface area (Å²) in [5.41, 5.74) is 1.66. The average Bonchev–Trinajstić information content (AvgIpc) is 2.35. The maximum atomic E-state index is 12.9. The van der Waals surface area contributed by atoms with Gasteiger partial charge in [-0.2, -0.15) is 0 Å². The van der Waals surface area contributed by atoms with Gasteiger partial charge in [0.1, 0.15) is 5.82 Å². The highest BCUT2D eigenvalue weighted by Gasteiger charge is 2.16. The maximum Gasteiger partial charge on any atom is 0.123 e. The van der Waals surface area contributed by atoms with Crippen LogP contribution in [0.15, 0.2) is 42.6 Å². The van der Waals surface area contributed by atoms with E-state index in [0.29, 0.717) is 5.02 Å². The Labute approximate surface area is 104 Å². The van der Waals surface area contributed by atoms with Crippen molar-refractivity contribution in [3.8, 4) is 0 Å². The molecule has 2 nitrogen and oxygen atoms in total.